The second kappa shape index (κ2) is 10.2. The molecule has 0 bridgehead atoms. The molecule has 0 fully saturated rings. The van der Waals surface area contributed by atoms with Gasteiger partial charge in [0.2, 0.25) is 0 Å². The van der Waals surface area contributed by atoms with Crippen LogP contribution in [0.3, 0.4) is 0 Å². The van der Waals surface area contributed by atoms with Crippen LogP contribution in [0.1, 0.15) is 23.6 Å². The molecule has 0 aliphatic heterocycles. The number of hydrogen-bond donors (Lipinski definition) is 2. The van der Waals surface area contributed by atoms with Gasteiger partial charge in [-0.25, -0.2) is 13.4 Å². The second-order valence-electron chi connectivity index (χ2n) is 7.34. The van der Waals surface area contributed by atoms with Crippen molar-refractivity contribution in [3.05, 3.63) is 83.6 Å². The molecule has 3 rings (SSSR count). The van der Waals surface area contributed by atoms with E-state index < -0.39 is 9.84 Å². The highest BCUT2D eigenvalue weighted by Crippen LogP contribution is 2.18. The first-order chi connectivity index (χ1) is 14.9. The molecule has 0 saturated heterocycles. The molecule has 0 aliphatic carbocycles. The molecule has 0 aliphatic rings. The van der Waals surface area contributed by atoms with Crippen LogP contribution in [0.25, 0.3) is 11.3 Å². The lowest BCUT2D eigenvalue weighted by atomic mass is 10.1. The molecule has 1 aromatic heterocycles. The zero-order chi connectivity index (χ0) is 22.3. The maximum atomic E-state index is 11.8. The molecule has 0 amide bonds. The smallest absolute Gasteiger partial charge is 0.191 e. The Kier molecular flexibility index (Phi) is 7.41. The third kappa shape index (κ3) is 6.39. The summed E-state index contributed by atoms with van der Waals surface area (Å²) in [6, 6.07) is 19.5. The van der Waals surface area contributed by atoms with E-state index in [0.29, 0.717) is 23.9 Å². The highest BCUT2D eigenvalue weighted by molar-refractivity contribution is 7.90. The summed E-state index contributed by atoms with van der Waals surface area (Å²) < 4.78 is 23.6. The second-order valence-corrected chi connectivity index (χ2v) is 9.32. The lowest BCUT2D eigenvalue weighted by molar-refractivity contribution is 0.601. The molecule has 0 saturated carbocycles. The number of guanidine groups is 1. The van der Waals surface area contributed by atoms with Crippen molar-refractivity contribution in [3.8, 4) is 11.3 Å². The van der Waals surface area contributed by atoms with Gasteiger partial charge in [-0.3, -0.25) is 4.98 Å². The van der Waals surface area contributed by atoms with Gasteiger partial charge in [-0.05, 0) is 54.8 Å². The molecule has 2 aromatic carbocycles. The Bertz CT molecular complexity index is 1160. The fourth-order valence-electron chi connectivity index (χ4n) is 3.30. The van der Waals surface area contributed by atoms with E-state index in [1.165, 1.54) is 6.26 Å². The normalized spacial score (nSPS) is 11.9. The molecule has 1 heterocycles. The number of pyridine rings is 1. The standard InChI is InChI=1S/C24H28N4O2S/c1-4-25-24(28-17-20-11-12-23(18(2)14-20)31(3,29)30)27-16-19-8-7-9-21(15-19)22-10-5-6-13-26-22/h5-15H,4,16-17H2,1-3H3,(H2,25,27,28). The van der Waals surface area contributed by atoms with Gasteiger partial charge in [-0.1, -0.05) is 36.4 Å². The summed E-state index contributed by atoms with van der Waals surface area (Å²) in [5, 5.41) is 6.57. The Morgan fingerprint density at radius 1 is 1.00 bits per heavy atom. The van der Waals surface area contributed by atoms with E-state index in [1.807, 2.05) is 62.4 Å². The molecule has 6 nitrogen and oxygen atoms in total. The van der Waals surface area contributed by atoms with E-state index in [-0.39, 0.29) is 0 Å². The minimum Gasteiger partial charge on any atom is -0.357 e. The summed E-state index contributed by atoms with van der Waals surface area (Å²) in [5.41, 5.74) is 4.83. The third-order valence-electron chi connectivity index (χ3n) is 4.75. The first-order valence-corrected chi connectivity index (χ1v) is 12.1. The summed E-state index contributed by atoms with van der Waals surface area (Å²) >= 11 is 0. The van der Waals surface area contributed by atoms with E-state index in [1.54, 1.807) is 12.3 Å². The van der Waals surface area contributed by atoms with Gasteiger partial charge in [0.05, 0.1) is 17.1 Å². The zero-order valence-electron chi connectivity index (χ0n) is 18.1. The van der Waals surface area contributed by atoms with Crippen molar-refractivity contribution < 1.29 is 8.42 Å². The molecule has 3 aromatic rings. The van der Waals surface area contributed by atoms with E-state index >= 15 is 0 Å². The first-order valence-electron chi connectivity index (χ1n) is 10.2. The van der Waals surface area contributed by atoms with Gasteiger partial charge < -0.3 is 10.6 Å². The van der Waals surface area contributed by atoms with Gasteiger partial charge >= 0.3 is 0 Å². The van der Waals surface area contributed by atoms with Crippen molar-refractivity contribution in [2.24, 2.45) is 4.99 Å². The van der Waals surface area contributed by atoms with Crippen LogP contribution >= 0.6 is 0 Å². The number of rotatable bonds is 7. The summed E-state index contributed by atoms with van der Waals surface area (Å²) in [7, 11) is -3.21. The fraction of sp³-hybridized carbons (Fsp3) is 0.250. The predicted molar refractivity (Wildman–Crippen MR) is 126 cm³/mol. The fourth-order valence-corrected chi connectivity index (χ4v) is 4.26. The monoisotopic (exact) mass is 436 g/mol. The molecule has 0 radical (unpaired) electrons. The Balaban J connectivity index is 1.69. The van der Waals surface area contributed by atoms with Crippen molar-refractivity contribution in [3.63, 3.8) is 0 Å². The molecular weight excluding hydrogens is 408 g/mol. The number of aryl methyl sites for hydroxylation is 1. The quantitative estimate of drug-likeness (QED) is 0.436. The maximum Gasteiger partial charge on any atom is 0.191 e. The number of aliphatic imine (C=N–C) groups is 1. The average molecular weight is 437 g/mol. The van der Waals surface area contributed by atoms with E-state index in [4.69, 9.17) is 4.99 Å². The van der Waals surface area contributed by atoms with Gasteiger partial charge in [-0.2, -0.15) is 0 Å². The number of nitrogens with one attached hydrogen (secondary N) is 2. The SMILES string of the molecule is CCNC(=NCc1cccc(-c2ccccn2)c1)NCc1ccc(S(C)(=O)=O)c(C)c1. The highest BCUT2D eigenvalue weighted by atomic mass is 32.2. The lowest BCUT2D eigenvalue weighted by Crippen LogP contribution is -2.36. The van der Waals surface area contributed by atoms with E-state index in [0.717, 1.165) is 34.5 Å². The molecule has 7 heteroatoms. The molecule has 0 atom stereocenters. The topological polar surface area (TPSA) is 83.4 Å². The third-order valence-corrected chi connectivity index (χ3v) is 6.01. The Labute approximate surface area is 184 Å². The van der Waals surface area contributed by atoms with Crippen LogP contribution in [-0.4, -0.2) is 32.2 Å². The number of nitrogens with zero attached hydrogens (tertiary/aromatic N) is 2. The number of hydrogen-bond acceptors (Lipinski definition) is 4. The van der Waals surface area contributed by atoms with Crippen LogP contribution in [0, 0.1) is 6.92 Å². The van der Waals surface area contributed by atoms with Crippen LogP contribution in [0.2, 0.25) is 0 Å². The van der Waals surface area contributed by atoms with Crippen molar-refractivity contribution in [2.45, 2.75) is 31.8 Å². The van der Waals surface area contributed by atoms with E-state index in [9.17, 15) is 8.42 Å². The van der Waals surface area contributed by atoms with Crippen molar-refractivity contribution in [2.75, 3.05) is 12.8 Å². The molecule has 31 heavy (non-hydrogen) atoms. The Hall–Kier alpha value is -3.19. The Morgan fingerprint density at radius 3 is 2.52 bits per heavy atom. The average Bonchev–Trinajstić information content (AvgIpc) is 2.75. The summed E-state index contributed by atoms with van der Waals surface area (Å²) in [6.07, 6.45) is 3.02. The Morgan fingerprint density at radius 2 is 1.84 bits per heavy atom. The van der Waals surface area contributed by atoms with Crippen LogP contribution in [0.15, 0.2) is 76.7 Å². The molecule has 162 valence electrons. The van der Waals surface area contributed by atoms with Crippen molar-refractivity contribution >= 4 is 15.8 Å². The minimum atomic E-state index is -3.21. The highest BCUT2D eigenvalue weighted by Gasteiger charge is 2.11. The maximum absolute atomic E-state index is 11.8. The lowest BCUT2D eigenvalue weighted by Gasteiger charge is -2.13. The summed E-state index contributed by atoms with van der Waals surface area (Å²) in [4.78, 5) is 9.46. The van der Waals surface area contributed by atoms with Crippen molar-refractivity contribution in [1.82, 2.24) is 15.6 Å². The molecule has 0 unspecified atom stereocenters. The summed E-state index contributed by atoms with van der Waals surface area (Å²) in [5.74, 6) is 0.704. The van der Waals surface area contributed by atoms with Crippen LogP contribution < -0.4 is 10.6 Å². The van der Waals surface area contributed by atoms with E-state index in [2.05, 4.69) is 21.7 Å². The number of sulfone groups is 1. The van der Waals surface area contributed by atoms with Crippen LogP contribution in [0.5, 0.6) is 0 Å². The van der Waals surface area contributed by atoms with Gasteiger partial charge in [-0.15, -0.1) is 0 Å². The predicted octanol–water partition coefficient (Wildman–Crippen LogP) is 3.72. The van der Waals surface area contributed by atoms with Gasteiger partial charge in [0.1, 0.15) is 0 Å². The number of aromatic nitrogens is 1. The van der Waals surface area contributed by atoms with Crippen LogP contribution in [0.4, 0.5) is 0 Å². The van der Waals surface area contributed by atoms with Gasteiger partial charge in [0, 0.05) is 31.1 Å². The largest absolute Gasteiger partial charge is 0.357 e. The van der Waals surface area contributed by atoms with Gasteiger partial charge in [0.15, 0.2) is 15.8 Å². The summed E-state index contributed by atoms with van der Waals surface area (Å²) in [6.45, 7) is 5.65. The minimum absolute atomic E-state index is 0.365. The molecule has 0 spiro atoms. The molecular formula is C24H28N4O2S. The van der Waals surface area contributed by atoms with Crippen molar-refractivity contribution in [1.29, 1.82) is 0 Å². The number of benzene rings is 2. The zero-order valence-corrected chi connectivity index (χ0v) is 18.9. The first kappa shape index (κ1) is 22.5. The molecule has 2 N–H and O–H groups in total. The van der Waals surface area contributed by atoms with Gasteiger partial charge in [0.25, 0.3) is 0 Å². The van der Waals surface area contributed by atoms with Crippen LogP contribution in [-0.2, 0) is 22.9 Å².